The normalized spacial score (nSPS) is 24.2. The van der Waals surface area contributed by atoms with E-state index in [4.69, 9.17) is 0 Å². The molecule has 1 aromatic rings. The van der Waals surface area contributed by atoms with Crippen LogP contribution < -0.4 is 0 Å². The van der Waals surface area contributed by atoms with Crippen LogP contribution in [0.1, 0.15) is 18.9 Å². The van der Waals surface area contributed by atoms with Crippen molar-refractivity contribution in [2.45, 2.75) is 13.3 Å². The second-order valence-corrected chi connectivity index (χ2v) is 5.58. The summed E-state index contributed by atoms with van der Waals surface area (Å²) in [5.41, 5.74) is 2.60. The molecule has 0 unspecified atom stereocenters. The Kier molecular flexibility index (Phi) is 5.77. The van der Waals surface area contributed by atoms with Gasteiger partial charge < -0.3 is 10.2 Å². The second kappa shape index (κ2) is 7.58. The first-order valence-electron chi connectivity index (χ1n) is 7.47. The van der Waals surface area contributed by atoms with Crippen molar-refractivity contribution in [3.63, 3.8) is 0 Å². The molecule has 1 aliphatic heterocycles. The van der Waals surface area contributed by atoms with Crippen LogP contribution in [-0.2, 0) is 0 Å². The van der Waals surface area contributed by atoms with Gasteiger partial charge in [0.1, 0.15) is 0 Å². The molecule has 1 fully saturated rings. The van der Waals surface area contributed by atoms with Crippen LogP contribution in [0.5, 0.6) is 0 Å². The summed E-state index contributed by atoms with van der Waals surface area (Å²) in [6, 6.07) is 10.5. The van der Waals surface area contributed by atoms with E-state index in [0.29, 0.717) is 0 Å². The fourth-order valence-electron chi connectivity index (χ4n) is 2.99. The topological polar surface area (TPSA) is 43.7 Å². The number of hydrogen-bond acceptors (Lipinski definition) is 3. The molecule has 0 aliphatic carbocycles. The third-order valence-corrected chi connectivity index (χ3v) is 4.11. The molecule has 110 valence electrons. The zero-order valence-electron chi connectivity index (χ0n) is 12.2. The summed E-state index contributed by atoms with van der Waals surface area (Å²) in [5, 5.41) is 18.8. The minimum Gasteiger partial charge on any atom is -0.396 e. The molecular formula is C17H25NO2. The first-order chi connectivity index (χ1) is 9.78. The van der Waals surface area contributed by atoms with Crippen molar-refractivity contribution in [1.82, 2.24) is 4.90 Å². The number of rotatable bonds is 6. The fourth-order valence-corrected chi connectivity index (χ4v) is 2.99. The van der Waals surface area contributed by atoms with Gasteiger partial charge in [0.2, 0.25) is 0 Å². The predicted octanol–water partition coefficient (Wildman–Crippen LogP) is 2.01. The Morgan fingerprint density at radius 2 is 1.75 bits per heavy atom. The molecule has 0 bridgehead atoms. The Morgan fingerprint density at radius 1 is 1.15 bits per heavy atom. The number of benzene rings is 1. The third-order valence-electron chi connectivity index (χ3n) is 4.11. The Bertz CT molecular complexity index is 418. The van der Waals surface area contributed by atoms with E-state index < -0.39 is 0 Å². The molecule has 0 amide bonds. The molecule has 3 heteroatoms. The van der Waals surface area contributed by atoms with E-state index in [-0.39, 0.29) is 25.0 Å². The molecule has 0 saturated carbocycles. The highest BCUT2D eigenvalue weighted by Crippen LogP contribution is 2.25. The van der Waals surface area contributed by atoms with Crippen LogP contribution in [-0.4, -0.2) is 48.0 Å². The Morgan fingerprint density at radius 3 is 2.25 bits per heavy atom. The van der Waals surface area contributed by atoms with Crippen LogP contribution in [0, 0.1) is 11.8 Å². The first kappa shape index (κ1) is 15.2. The van der Waals surface area contributed by atoms with Crippen molar-refractivity contribution < 1.29 is 10.2 Å². The number of allylic oxidation sites excluding steroid dienone is 1. The number of aliphatic hydroxyl groups is 2. The first-order valence-corrected chi connectivity index (χ1v) is 7.47. The van der Waals surface area contributed by atoms with Gasteiger partial charge in [0.25, 0.3) is 0 Å². The number of aliphatic hydroxyl groups excluding tert-OH is 2. The van der Waals surface area contributed by atoms with E-state index in [2.05, 4.69) is 42.2 Å². The van der Waals surface area contributed by atoms with E-state index >= 15 is 0 Å². The van der Waals surface area contributed by atoms with Gasteiger partial charge in [0, 0.05) is 44.7 Å². The van der Waals surface area contributed by atoms with Gasteiger partial charge in [-0.25, -0.2) is 0 Å². The largest absolute Gasteiger partial charge is 0.396 e. The average molecular weight is 275 g/mol. The lowest BCUT2D eigenvalue weighted by molar-refractivity contribution is 0.152. The number of nitrogens with zero attached hydrogens (tertiary/aromatic N) is 1. The maximum absolute atomic E-state index is 9.39. The lowest BCUT2D eigenvalue weighted by Crippen LogP contribution is -2.23. The standard InChI is InChI=1S/C17H25NO2/c1-2-6-15(14-7-4-3-5-8-14)9-18-10-16(12-19)17(11-18)13-20/h3-8,16-17,19-20H,2,9-13H2,1H3/b15-6-/t16-,17-/m1/s1. The SMILES string of the molecule is CC/C=C(/CN1C[C@H](CO)[C@@H](CO)C1)c1ccccc1. The Labute approximate surface area is 121 Å². The van der Waals surface area contributed by atoms with Crippen molar-refractivity contribution in [2.24, 2.45) is 11.8 Å². The van der Waals surface area contributed by atoms with Crippen molar-refractivity contribution >= 4 is 5.57 Å². The van der Waals surface area contributed by atoms with Gasteiger partial charge in [-0.2, -0.15) is 0 Å². The Balaban J connectivity index is 2.05. The maximum atomic E-state index is 9.39. The van der Waals surface area contributed by atoms with Crippen LogP contribution in [0.4, 0.5) is 0 Å². The average Bonchev–Trinajstić information content (AvgIpc) is 2.90. The zero-order valence-corrected chi connectivity index (χ0v) is 12.2. The summed E-state index contributed by atoms with van der Waals surface area (Å²) < 4.78 is 0. The molecule has 2 atom stereocenters. The molecule has 2 rings (SSSR count). The molecule has 3 nitrogen and oxygen atoms in total. The van der Waals surface area contributed by atoms with E-state index in [9.17, 15) is 10.2 Å². The molecular weight excluding hydrogens is 250 g/mol. The molecule has 2 N–H and O–H groups in total. The lowest BCUT2D eigenvalue weighted by atomic mass is 9.98. The molecule has 1 aromatic carbocycles. The van der Waals surface area contributed by atoms with E-state index in [1.54, 1.807) is 0 Å². The van der Waals surface area contributed by atoms with Gasteiger partial charge in [-0.1, -0.05) is 43.3 Å². The highest BCUT2D eigenvalue weighted by Gasteiger charge is 2.31. The van der Waals surface area contributed by atoms with Crippen LogP contribution in [0.15, 0.2) is 36.4 Å². The van der Waals surface area contributed by atoms with Crippen molar-refractivity contribution in [3.05, 3.63) is 42.0 Å². The predicted molar refractivity (Wildman–Crippen MR) is 82.3 cm³/mol. The lowest BCUT2D eigenvalue weighted by Gasteiger charge is -2.18. The molecule has 0 spiro atoms. The fraction of sp³-hybridized carbons (Fsp3) is 0.529. The summed E-state index contributed by atoms with van der Waals surface area (Å²) in [5.74, 6) is 0.414. The third kappa shape index (κ3) is 3.69. The Hall–Kier alpha value is -1.16. The zero-order chi connectivity index (χ0) is 14.4. The van der Waals surface area contributed by atoms with Gasteiger partial charge in [-0.05, 0) is 17.6 Å². The minimum atomic E-state index is 0.167. The summed E-state index contributed by atoms with van der Waals surface area (Å²) in [6.07, 6.45) is 3.29. The minimum absolute atomic E-state index is 0.167. The van der Waals surface area contributed by atoms with Crippen molar-refractivity contribution in [3.8, 4) is 0 Å². The highest BCUT2D eigenvalue weighted by molar-refractivity contribution is 5.66. The van der Waals surface area contributed by atoms with E-state index in [1.165, 1.54) is 11.1 Å². The summed E-state index contributed by atoms with van der Waals surface area (Å²) >= 11 is 0. The molecule has 0 aromatic heterocycles. The summed E-state index contributed by atoms with van der Waals surface area (Å²) in [6.45, 7) is 5.12. The van der Waals surface area contributed by atoms with E-state index in [0.717, 1.165) is 26.1 Å². The molecule has 1 heterocycles. The quantitative estimate of drug-likeness (QED) is 0.834. The molecule has 20 heavy (non-hydrogen) atoms. The molecule has 0 radical (unpaired) electrons. The van der Waals surface area contributed by atoms with Crippen LogP contribution in [0.3, 0.4) is 0 Å². The molecule has 1 aliphatic rings. The summed E-state index contributed by atoms with van der Waals surface area (Å²) in [4.78, 5) is 2.34. The smallest absolute Gasteiger partial charge is 0.0475 e. The van der Waals surface area contributed by atoms with Crippen LogP contribution >= 0.6 is 0 Å². The van der Waals surface area contributed by atoms with Crippen molar-refractivity contribution in [2.75, 3.05) is 32.8 Å². The van der Waals surface area contributed by atoms with Gasteiger partial charge in [0.15, 0.2) is 0 Å². The number of hydrogen-bond donors (Lipinski definition) is 2. The monoisotopic (exact) mass is 275 g/mol. The van der Waals surface area contributed by atoms with Gasteiger partial charge in [0.05, 0.1) is 0 Å². The number of likely N-dealkylation sites (tertiary alicyclic amines) is 1. The molecule has 1 saturated heterocycles. The van der Waals surface area contributed by atoms with Crippen molar-refractivity contribution in [1.29, 1.82) is 0 Å². The maximum Gasteiger partial charge on any atom is 0.0475 e. The van der Waals surface area contributed by atoms with Crippen LogP contribution in [0.25, 0.3) is 5.57 Å². The van der Waals surface area contributed by atoms with Crippen LogP contribution in [0.2, 0.25) is 0 Å². The highest BCUT2D eigenvalue weighted by atomic mass is 16.3. The van der Waals surface area contributed by atoms with Gasteiger partial charge in [-0.3, -0.25) is 4.90 Å². The van der Waals surface area contributed by atoms with Gasteiger partial charge in [-0.15, -0.1) is 0 Å². The second-order valence-electron chi connectivity index (χ2n) is 5.58. The van der Waals surface area contributed by atoms with E-state index in [1.807, 2.05) is 6.07 Å². The van der Waals surface area contributed by atoms with Gasteiger partial charge >= 0.3 is 0 Å². The summed E-state index contributed by atoms with van der Waals surface area (Å²) in [7, 11) is 0.